The molecule has 0 spiro atoms. The van der Waals surface area contributed by atoms with Gasteiger partial charge in [0, 0.05) is 30.8 Å². The molecule has 1 saturated heterocycles. The zero-order valence-electron chi connectivity index (χ0n) is 17.3. The van der Waals surface area contributed by atoms with Crippen molar-refractivity contribution in [1.82, 2.24) is 9.73 Å². The summed E-state index contributed by atoms with van der Waals surface area (Å²) in [6, 6.07) is 13.7. The molecule has 0 saturated carbocycles. The lowest BCUT2D eigenvalue weighted by Crippen LogP contribution is -2.35. The van der Waals surface area contributed by atoms with Gasteiger partial charge in [0.15, 0.2) is 0 Å². The van der Waals surface area contributed by atoms with Crippen LogP contribution < -0.4 is 10.2 Å². The molecule has 1 aliphatic heterocycles. The van der Waals surface area contributed by atoms with E-state index < -0.39 is 15.9 Å². The highest BCUT2D eigenvalue weighted by Crippen LogP contribution is 2.21. The number of hydrazone groups is 1. The van der Waals surface area contributed by atoms with Gasteiger partial charge >= 0.3 is 0 Å². The predicted octanol–water partition coefficient (Wildman–Crippen LogP) is 3.22. The third-order valence-electron chi connectivity index (χ3n) is 5.02. The monoisotopic (exact) mass is 429 g/mol. The van der Waals surface area contributed by atoms with Gasteiger partial charge in [0.2, 0.25) is 10.0 Å². The number of carbonyl (C=O) groups is 1. The van der Waals surface area contributed by atoms with Crippen LogP contribution in [0.25, 0.3) is 0 Å². The molecular formula is C22H27N3O4S. The molecule has 1 heterocycles. The Balaban J connectivity index is 1.66. The highest BCUT2D eigenvalue weighted by molar-refractivity contribution is 7.89. The van der Waals surface area contributed by atoms with Crippen LogP contribution in [0.15, 0.2) is 58.5 Å². The second-order valence-corrected chi connectivity index (χ2v) is 9.24. The van der Waals surface area contributed by atoms with Crippen molar-refractivity contribution in [2.45, 2.75) is 37.5 Å². The van der Waals surface area contributed by atoms with E-state index in [2.05, 4.69) is 10.5 Å². The Morgan fingerprint density at radius 1 is 1.10 bits per heavy atom. The number of sulfonamides is 1. The van der Waals surface area contributed by atoms with Gasteiger partial charge in [-0.2, -0.15) is 9.41 Å². The third kappa shape index (κ3) is 5.46. The van der Waals surface area contributed by atoms with E-state index in [9.17, 15) is 13.2 Å². The van der Waals surface area contributed by atoms with E-state index in [-0.39, 0.29) is 10.5 Å². The van der Waals surface area contributed by atoms with Crippen molar-refractivity contribution >= 4 is 21.6 Å². The molecule has 0 radical (unpaired) electrons. The van der Waals surface area contributed by atoms with Crippen LogP contribution in [0, 0.1) is 0 Å². The average molecular weight is 430 g/mol. The molecule has 30 heavy (non-hydrogen) atoms. The minimum Gasteiger partial charge on any atom is -0.497 e. The van der Waals surface area contributed by atoms with E-state index in [1.54, 1.807) is 19.2 Å². The molecule has 0 bridgehead atoms. The van der Waals surface area contributed by atoms with Crippen LogP contribution in [0.4, 0.5) is 0 Å². The fraction of sp³-hybridized carbons (Fsp3) is 0.364. The molecule has 160 valence electrons. The SMILES string of the molecule is COc1ccc(C/C(C)=N/NC(=O)c2cccc(S(=O)(=O)N3CCCCC3)c2)cc1. The Labute approximate surface area is 177 Å². The number of amides is 1. The molecule has 2 aromatic carbocycles. The van der Waals surface area contributed by atoms with Gasteiger partial charge in [0.25, 0.3) is 5.91 Å². The van der Waals surface area contributed by atoms with Crippen LogP contribution in [-0.4, -0.2) is 44.5 Å². The predicted molar refractivity (Wildman–Crippen MR) is 116 cm³/mol. The molecule has 8 heteroatoms. The molecule has 1 fully saturated rings. The van der Waals surface area contributed by atoms with Gasteiger partial charge in [-0.25, -0.2) is 13.8 Å². The fourth-order valence-electron chi connectivity index (χ4n) is 3.34. The van der Waals surface area contributed by atoms with Gasteiger partial charge in [-0.15, -0.1) is 0 Å². The van der Waals surface area contributed by atoms with Crippen molar-refractivity contribution in [2.75, 3.05) is 20.2 Å². The highest BCUT2D eigenvalue weighted by atomic mass is 32.2. The molecular weight excluding hydrogens is 402 g/mol. The van der Waals surface area contributed by atoms with Crippen molar-refractivity contribution in [2.24, 2.45) is 5.10 Å². The molecule has 0 unspecified atom stereocenters. The van der Waals surface area contributed by atoms with Crippen LogP contribution >= 0.6 is 0 Å². The maximum Gasteiger partial charge on any atom is 0.271 e. The summed E-state index contributed by atoms with van der Waals surface area (Å²) in [5, 5.41) is 4.15. The van der Waals surface area contributed by atoms with Gasteiger partial charge in [0.05, 0.1) is 12.0 Å². The smallest absolute Gasteiger partial charge is 0.271 e. The molecule has 7 nitrogen and oxygen atoms in total. The van der Waals surface area contributed by atoms with Crippen LogP contribution in [-0.2, 0) is 16.4 Å². The van der Waals surface area contributed by atoms with E-state index in [0.29, 0.717) is 19.5 Å². The summed E-state index contributed by atoms with van der Waals surface area (Å²) in [7, 11) is -1.97. The number of benzene rings is 2. The van der Waals surface area contributed by atoms with E-state index in [4.69, 9.17) is 4.74 Å². The van der Waals surface area contributed by atoms with E-state index in [0.717, 1.165) is 36.3 Å². The lowest BCUT2D eigenvalue weighted by molar-refractivity contribution is 0.0954. The minimum atomic E-state index is -3.59. The molecule has 0 aliphatic carbocycles. The van der Waals surface area contributed by atoms with Crippen molar-refractivity contribution in [3.05, 3.63) is 59.7 Å². The number of ether oxygens (including phenoxy) is 1. The maximum absolute atomic E-state index is 12.8. The Bertz CT molecular complexity index is 1010. The first-order valence-electron chi connectivity index (χ1n) is 9.97. The Kier molecular flexibility index (Phi) is 7.23. The number of piperidine rings is 1. The number of hydrogen-bond acceptors (Lipinski definition) is 5. The van der Waals surface area contributed by atoms with Gasteiger partial charge in [0.1, 0.15) is 5.75 Å². The van der Waals surface area contributed by atoms with Gasteiger partial charge in [-0.05, 0) is 55.7 Å². The van der Waals surface area contributed by atoms with Crippen molar-refractivity contribution in [3.63, 3.8) is 0 Å². The number of methoxy groups -OCH3 is 1. The maximum atomic E-state index is 12.8. The van der Waals surface area contributed by atoms with Crippen LogP contribution in [0.3, 0.4) is 0 Å². The molecule has 2 aromatic rings. The summed E-state index contributed by atoms with van der Waals surface area (Å²) in [5.41, 5.74) is 4.54. The van der Waals surface area contributed by atoms with E-state index in [1.807, 2.05) is 31.2 Å². The number of hydrogen-bond donors (Lipinski definition) is 1. The van der Waals surface area contributed by atoms with Gasteiger partial charge < -0.3 is 4.74 Å². The Morgan fingerprint density at radius 3 is 2.47 bits per heavy atom. The van der Waals surface area contributed by atoms with Crippen LogP contribution in [0.1, 0.15) is 42.1 Å². The molecule has 3 rings (SSSR count). The highest BCUT2D eigenvalue weighted by Gasteiger charge is 2.26. The van der Waals surface area contributed by atoms with Crippen molar-refractivity contribution < 1.29 is 17.9 Å². The summed E-state index contributed by atoms with van der Waals surface area (Å²) in [6.45, 7) is 2.86. The summed E-state index contributed by atoms with van der Waals surface area (Å²) in [4.78, 5) is 12.6. The molecule has 0 aromatic heterocycles. The van der Waals surface area contributed by atoms with Crippen molar-refractivity contribution in [1.29, 1.82) is 0 Å². The van der Waals surface area contributed by atoms with Gasteiger partial charge in [-0.3, -0.25) is 4.79 Å². The largest absolute Gasteiger partial charge is 0.497 e. The first-order chi connectivity index (χ1) is 14.4. The number of rotatable bonds is 7. The van der Waals surface area contributed by atoms with Crippen molar-refractivity contribution in [3.8, 4) is 5.75 Å². The zero-order valence-corrected chi connectivity index (χ0v) is 18.1. The molecule has 1 aliphatic rings. The van der Waals surface area contributed by atoms with E-state index >= 15 is 0 Å². The quantitative estimate of drug-likeness (QED) is 0.541. The minimum absolute atomic E-state index is 0.135. The lowest BCUT2D eigenvalue weighted by Gasteiger charge is -2.25. The van der Waals surface area contributed by atoms with Crippen LogP contribution in [0.2, 0.25) is 0 Å². The van der Waals surface area contributed by atoms with Crippen LogP contribution in [0.5, 0.6) is 5.75 Å². The van der Waals surface area contributed by atoms with Gasteiger partial charge in [-0.1, -0.05) is 24.6 Å². The number of nitrogens with zero attached hydrogens (tertiary/aromatic N) is 2. The lowest BCUT2D eigenvalue weighted by atomic mass is 10.1. The van der Waals surface area contributed by atoms with E-state index in [1.165, 1.54) is 16.4 Å². The standard InChI is InChI=1S/C22H27N3O4S/c1-17(15-18-9-11-20(29-2)12-10-18)23-24-22(26)19-7-6-8-21(16-19)30(27,28)25-13-4-3-5-14-25/h6-12,16H,3-5,13-15H2,1-2H3,(H,24,26)/b23-17+. The summed E-state index contributed by atoms with van der Waals surface area (Å²) < 4.78 is 32.3. The summed E-state index contributed by atoms with van der Waals surface area (Å²) in [5.74, 6) is 0.334. The summed E-state index contributed by atoms with van der Waals surface area (Å²) >= 11 is 0. The Morgan fingerprint density at radius 2 is 1.80 bits per heavy atom. The number of carbonyl (C=O) groups excluding carboxylic acids is 1. The average Bonchev–Trinajstić information content (AvgIpc) is 2.78. The second-order valence-electron chi connectivity index (χ2n) is 7.31. The third-order valence-corrected chi connectivity index (χ3v) is 6.91. The normalized spacial score (nSPS) is 15.6. The molecule has 1 amide bonds. The molecule has 0 atom stereocenters. The number of nitrogens with one attached hydrogen (secondary N) is 1. The second kappa shape index (κ2) is 9.86. The summed E-state index contributed by atoms with van der Waals surface area (Å²) in [6.07, 6.45) is 3.35. The molecule has 1 N–H and O–H groups in total. The zero-order chi connectivity index (χ0) is 21.6. The fourth-order valence-corrected chi connectivity index (χ4v) is 4.90. The first-order valence-corrected chi connectivity index (χ1v) is 11.4. The first kappa shape index (κ1) is 22.0. The Hall–Kier alpha value is -2.71. The topological polar surface area (TPSA) is 88.1 Å².